The molecule has 10 heteroatoms. The molecule has 0 spiro atoms. The quantitative estimate of drug-likeness (QED) is 0.279. The summed E-state index contributed by atoms with van der Waals surface area (Å²) in [4.78, 5) is 26.4. The van der Waals surface area contributed by atoms with Crippen LogP contribution in [0.1, 0.15) is 51.3 Å². The van der Waals surface area contributed by atoms with Gasteiger partial charge in [0.2, 0.25) is 0 Å². The summed E-state index contributed by atoms with van der Waals surface area (Å²) >= 11 is 0. The van der Waals surface area contributed by atoms with Gasteiger partial charge in [0.15, 0.2) is 11.6 Å². The number of fused-ring (bicyclic) bond motifs is 2. The van der Waals surface area contributed by atoms with Gasteiger partial charge in [0.1, 0.15) is 15.9 Å². The first kappa shape index (κ1) is 25.9. The molecule has 1 aliphatic rings. The van der Waals surface area contributed by atoms with E-state index in [1.807, 2.05) is 13.8 Å². The van der Waals surface area contributed by atoms with Crippen molar-refractivity contribution < 1.29 is 57.2 Å². The molecule has 0 amide bonds. The summed E-state index contributed by atoms with van der Waals surface area (Å²) in [5, 5.41) is 16.3. The Morgan fingerprint density at radius 2 is 1.53 bits per heavy atom. The van der Waals surface area contributed by atoms with Gasteiger partial charge in [0.05, 0.1) is 33.0 Å². The number of phenolic OH excluding ortho intramolecular Hbond substituents is 1. The van der Waals surface area contributed by atoms with Crippen LogP contribution in [0.4, 0.5) is 17.1 Å². The summed E-state index contributed by atoms with van der Waals surface area (Å²) in [6.07, 6.45) is 0. The van der Waals surface area contributed by atoms with Gasteiger partial charge >= 0.3 is 29.6 Å². The molecule has 0 bridgehead atoms. The Kier molecular flexibility index (Phi) is 7.26. The largest absolute Gasteiger partial charge is 1.00 e. The number of nitrogens with one attached hydrogen (secondary N) is 2. The average molecular weight is 488 g/mol. The maximum atomic E-state index is 13.5. The van der Waals surface area contributed by atoms with E-state index in [4.69, 9.17) is 0 Å². The number of carbonyl (C=O) groups excluding carboxylic acids is 2. The molecule has 0 radical (unpaired) electrons. The molecular formula is C24H21N2NaO6S. The number of carbonyl (C=O) groups is 2. The van der Waals surface area contributed by atoms with Crippen molar-refractivity contribution in [1.82, 2.24) is 0 Å². The fourth-order valence-electron chi connectivity index (χ4n) is 3.94. The zero-order chi connectivity index (χ0) is 24.1. The van der Waals surface area contributed by atoms with Crippen LogP contribution in [0.5, 0.6) is 5.75 Å². The SMILES string of the molecule is Cc1ccc(S(=O)(=O)[O-])c(Nc2ccc(NC(C)C)c3c2C(=O)c2c(O)cccc2C3=O)c1.[Na+]. The molecule has 0 heterocycles. The van der Waals surface area contributed by atoms with Crippen LogP contribution in [0.15, 0.2) is 53.4 Å². The smallest absolute Gasteiger partial charge is 0.744 e. The molecular weight excluding hydrogens is 467 g/mol. The minimum absolute atomic E-state index is 0. The van der Waals surface area contributed by atoms with Crippen LogP contribution in [-0.4, -0.2) is 35.7 Å². The van der Waals surface area contributed by atoms with E-state index in [0.29, 0.717) is 11.3 Å². The maximum absolute atomic E-state index is 13.5. The third-order valence-corrected chi connectivity index (χ3v) is 6.19. The molecule has 0 saturated carbocycles. The number of hydrogen-bond donors (Lipinski definition) is 3. The summed E-state index contributed by atoms with van der Waals surface area (Å²) in [6.45, 7) is 5.48. The standard InChI is InChI=1S/C24H22N2O6S.Na/c1-12(2)25-15-8-9-16(26-17-11-13(3)7-10-19(17)33(30,31)32)22-21(15)23(28)14-5-4-6-18(27)20(14)24(22)29;/h4-12,25-27H,1-3H3,(H,30,31,32);/q;+1/p-1. The second-order valence-electron chi connectivity index (χ2n) is 8.15. The number of rotatable bonds is 5. The molecule has 0 saturated heterocycles. The van der Waals surface area contributed by atoms with E-state index in [-0.39, 0.29) is 75.0 Å². The van der Waals surface area contributed by atoms with Crippen molar-refractivity contribution in [2.75, 3.05) is 10.6 Å². The minimum atomic E-state index is -4.81. The molecule has 170 valence electrons. The minimum Gasteiger partial charge on any atom is -0.744 e. The first-order valence-corrected chi connectivity index (χ1v) is 11.6. The molecule has 0 unspecified atom stereocenters. The van der Waals surface area contributed by atoms with E-state index in [1.54, 1.807) is 13.0 Å². The second kappa shape index (κ2) is 9.52. The summed E-state index contributed by atoms with van der Waals surface area (Å²) in [5.74, 6) is -1.38. The Bertz CT molecular complexity index is 1430. The van der Waals surface area contributed by atoms with Crippen molar-refractivity contribution in [2.45, 2.75) is 31.7 Å². The number of benzene rings is 3. The molecule has 0 aromatic heterocycles. The van der Waals surface area contributed by atoms with Gasteiger partial charge in [0.25, 0.3) is 0 Å². The first-order chi connectivity index (χ1) is 15.5. The van der Waals surface area contributed by atoms with Crippen molar-refractivity contribution >= 4 is 38.7 Å². The third kappa shape index (κ3) is 4.62. The Balaban J connectivity index is 0.00000324. The van der Waals surface area contributed by atoms with Crippen LogP contribution in [0.25, 0.3) is 0 Å². The molecule has 1 aliphatic carbocycles. The molecule has 0 atom stereocenters. The van der Waals surface area contributed by atoms with Crippen LogP contribution in [-0.2, 0) is 10.1 Å². The van der Waals surface area contributed by atoms with Gasteiger partial charge in [-0.05, 0) is 56.7 Å². The van der Waals surface area contributed by atoms with Gasteiger partial charge < -0.3 is 20.3 Å². The van der Waals surface area contributed by atoms with Crippen LogP contribution < -0.4 is 40.2 Å². The summed E-state index contributed by atoms with van der Waals surface area (Å²) in [5.41, 5.74) is 1.28. The van der Waals surface area contributed by atoms with Gasteiger partial charge in [-0.2, -0.15) is 0 Å². The van der Waals surface area contributed by atoms with E-state index in [0.717, 1.165) is 0 Å². The third-order valence-electron chi connectivity index (χ3n) is 5.29. The Hall–Kier alpha value is -2.69. The average Bonchev–Trinajstić information content (AvgIpc) is 2.71. The van der Waals surface area contributed by atoms with E-state index >= 15 is 0 Å². The molecule has 3 aromatic rings. The van der Waals surface area contributed by atoms with E-state index in [9.17, 15) is 27.7 Å². The molecule has 3 aromatic carbocycles. The van der Waals surface area contributed by atoms with Crippen LogP contribution >= 0.6 is 0 Å². The van der Waals surface area contributed by atoms with Gasteiger partial charge in [-0.25, -0.2) is 8.42 Å². The Labute approximate surface area is 219 Å². The molecule has 0 fully saturated rings. The Morgan fingerprint density at radius 1 is 0.882 bits per heavy atom. The van der Waals surface area contributed by atoms with Crippen molar-refractivity contribution in [3.05, 3.63) is 76.3 Å². The fourth-order valence-corrected chi connectivity index (χ4v) is 4.56. The van der Waals surface area contributed by atoms with Gasteiger partial charge in [-0.1, -0.05) is 18.2 Å². The van der Waals surface area contributed by atoms with Crippen molar-refractivity contribution in [2.24, 2.45) is 0 Å². The molecule has 4 rings (SSSR count). The first-order valence-electron chi connectivity index (χ1n) is 10.2. The fraction of sp³-hybridized carbons (Fsp3) is 0.167. The van der Waals surface area contributed by atoms with E-state index in [2.05, 4.69) is 10.6 Å². The Morgan fingerprint density at radius 3 is 2.18 bits per heavy atom. The molecule has 0 aliphatic heterocycles. The number of aromatic hydroxyl groups is 1. The van der Waals surface area contributed by atoms with Crippen LogP contribution in [0.3, 0.4) is 0 Å². The normalized spacial score (nSPS) is 12.6. The zero-order valence-corrected chi connectivity index (χ0v) is 21.9. The van der Waals surface area contributed by atoms with Crippen molar-refractivity contribution in [3.8, 4) is 5.75 Å². The number of anilines is 3. The zero-order valence-electron chi connectivity index (χ0n) is 19.1. The number of aryl methyl sites for hydroxylation is 1. The predicted molar refractivity (Wildman–Crippen MR) is 123 cm³/mol. The monoisotopic (exact) mass is 488 g/mol. The summed E-state index contributed by atoms with van der Waals surface area (Å²) in [7, 11) is -4.81. The van der Waals surface area contributed by atoms with E-state index in [1.165, 1.54) is 42.5 Å². The van der Waals surface area contributed by atoms with Gasteiger partial charge in [-0.3, -0.25) is 9.59 Å². The topological polar surface area (TPSA) is 136 Å². The molecule has 8 nitrogen and oxygen atoms in total. The predicted octanol–water partition coefficient (Wildman–Crippen LogP) is 0.948. The number of phenols is 1. The van der Waals surface area contributed by atoms with Gasteiger partial charge in [-0.15, -0.1) is 0 Å². The van der Waals surface area contributed by atoms with E-state index < -0.39 is 26.6 Å². The van der Waals surface area contributed by atoms with Crippen LogP contribution in [0.2, 0.25) is 0 Å². The second-order valence-corrected chi connectivity index (χ2v) is 9.49. The summed E-state index contributed by atoms with van der Waals surface area (Å²) in [6, 6.07) is 11.5. The van der Waals surface area contributed by atoms with Crippen molar-refractivity contribution in [1.29, 1.82) is 0 Å². The van der Waals surface area contributed by atoms with Crippen molar-refractivity contribution in [3.63, 3.8) is 0 Å². The number of ketones is 2. The molecule has 3 N–H and O–H groups in total. The maximum Gasteiger partial charge on any atom is 1.00 e. The van der Waals surface area contributed by atoms with Crippen LogP contribution in [0, 0.1) is 6.92 Å². The van der Waals surface area contributed by atoms with Gasteiger partial charge in [0, 0.05) is 17.3 Å². The number of hydrogen-bond acceptors (Lipinski definition) is 8. The molecule has 34 heavy (non-hydrogen) atoms. The summed E-state index contributed by atoms with van der Waals surface area (Å²) < 4.78 is 35.4.